The lowest BCUT2D eigenvalue weighted by Crippen LogP contribution is -2.19. The van der Waals surface area contributed by atoms with Crippen molar-refractivity contribution >= 4 is 0 Å². The topological polar surface area (TPSA) is 9.23 Å². The fraction of sp³-hybridized carbons (Fsp3) is 0.800. The van der Waals surface area contributed by atoms with Crippen LogP contribution in [0.4, 0.5) is 0 Å². The second-order valence-corrected chi connectivity index (χ2v) is 4.04. The zero-order valence-corrected chi connectivity index (χ0v) is 7.39. The average molecular weight is 152 g/mol. The Kier molecular flexibility index (Phi) is 1.57. The molecule has 0 aromatic rings. The Morgan fingerprint density at radius 1 is 1.45 bits per heavy atom. The van der Waals surface area contributed by atoms with E-state index in [0.29, 0.717) is 0 Å². The van der Waals surface area contributed by atoms with E-state index in [1.807, 2.05) is 0 Å². The summed E-state index contributed by atoms with van der Waals surface area (Å²) in [7, 11) is 0. The monoisotopic (exact) mass is 152 g/mol. The highest BCUT2D eigenvalue weighted by molar-refractivity contribution is 5.22. The molecule has 0 aromatic carbocycles. The van der Waals surface area contributed by atoms with Gasteiger partial charge in [-0.1, -0.05) is 25.5 Å². The van der Waals surface area contributed by atoms with Gasteiger partial charge in [-0.15, -0.1) is 0 Å². The maximum absolute atomic E-state index is 5.68. The summed E-state index contributed by atoms with van der Waals surface area (Å²) >= 11 is 0. The first kappa shape index (κ1) is 7.35. The van der Waals surface area contributed by atoms with Gasteiger partial charge in [0, 0.05) is 0 Å². The van der Waals surface area contributed by atoms with E-state index in [9.17, 15) is 0 Å². The van der Waals surface area contributed by atoms with Gasteiger partial charge >= 0.3 is 0 Å². The van der Waals surface area contributed by atoms with Gasteiger partial charge in [-0.05, 0) is 25.2 Å². The van der Waals surface area contributed by atoms with E-state index < -0.39 is 0 Å². The highest BCUT2D eigenvalue weighted by atomic mass is 16.5. The van der Waals surface area contributed by atoms with Crippen LogP contribution >= 0.6 is 0 Å². The van der Waals surface area contributed by atoms with Crippen LogP contribution in [0.5, 0.6) is 0 Å². The van der Waals surface area contributed by atoms with Gasteiger partial charge in [0.15, 0.2) is 0 Å². The lowest BCUT2D eigenvalue weighted by Gasteiger charge is -2.23. The zero-order valence-electron chi connectivity index (χ0n) is 7.39. The smallest absolute Gasteiger partial charge is 0.0867 e. The van der Waals surface area contributed by atoms with Gasteiger partial charge < -0.3 is 4.74 Å². The Labute approximate surface area is 68.4 Å². The second kappa shape index (κ2) is 2.34. The van der Waals surface area contributed by atoms with Gasteiger partial charge in [0.1, 0.15) is 0 Å². The first-order valence-electron chi connectivity index (χ1n) is 4.57. The highest BCUT2D eigenvalue weighted by Gasteiger charge is 2.43. The van der Waals surface area contributed by atoms with Gasteiger partial charge in [0.2, 0.25) is 0 Å². The van der Waals surface area contributed by atoms with E-state index in [0.717, 1.165) is 18.9 Å². The molecule has 0 amide bonds. The third-order valence-corrected chi connectivity index (χ3v) is 2.71. The van der Waals surface area contributed by atoms with Gasteiger partial charge in [-0.2, -0.15) is 0 Å². The molecule has 0 bridgehead atoms. The first-order valence-corrected chi connectivity index (χ1v) is 4.57. The molecule has 0 unspecified atom stereocenters. The molecule has 2 rings (SSSR count). The van der Waals surface area contributed by atoms with Crippen LogP contribution in [0.25, 0.3) is 0 Å². The quantitative estimate of drug-likeness (QED) is 0.525. The van der Waals surface area contributed by atoms with Crippen molar-refractivity contribution in [2.75, 3.05) is 6.61 Å². The molecule has 1 spiro atoms. The molecule has 1 aliphatic heterocycles. The summed E-state index contributed by atoms with van der Waals surface area (Å²) in [5, 5.41) is 0. The molecule has 0 saturated heterocycles. The van der Waals surface area contributed by atoms with Crippen LogP contribution in [0, 0.1) is 5.92 Å². The highest BCUT2D eigenvalue weighted by Crippen LogP contribution is 2.45. The molecular weight excluding hydrogens is 136 g/mol. The summed E-state index contributed by atoms with van der Waals surface area (Å²) in [6.45, 7) is 5.49. The molecule has 2 aliphatic rings. The van der Waals surface area contributed by atoms with Gasteiger partial charge in [-0.3, -0.25) is 0 Å². The van der Waals surface area contributed by atoms with Gasteiger partial charge in [0.25, 0.3) is 0 Å². The van der Waals surface area contributed by atoms with Crippen molar-refractivity contribution in [3.05, 3.63) is 11.6 Å². The minimum absolute atomic E-state index is 0.220. The third-order valence-electron chi connectivity index (χ3n) is 2.71. The molecular formula is C10H16O. The number of hydrogen-bond donors (Lipinski definition) is 0. The van der Waals surface area contributed by atoms with Crippen LogP contribution in [-0.2, 0) is 4.74 Å². The van der Waals surface area contributed by atoms with Crippen LogP contribution in [0.2, 0.25) is 0 Å². The molecule has 1 aliphatic carbocycles. The van der Waals surface area contributed by atoms with E-state index >= 15 is 0 Å². The van der Waals surface area contributed by atoms with E-state index in [1.165, 1.54) is 12.8 Å². The average Bonchev–Trinajstić information content (AvgIpc) is 2.69. The maximum atomic E-state index is 5.68. The van der Waals surface area contributed by atoms with E-state index in [2.05, 4.69) is 19.9 Å². The summed E-state index contributed by atoms with van der Waals surface area (Å²) in [5.74, 6) is 0.719. The van der Waals surface area contributed by atoms with Crippen molar-refractivity contribution in [2.24, 2.45) is 5.92 Å². The normalized spacial score (nSPS) is 27.4. The van der Waals surface area contributed by atoms with E-state index in [1.54, 1.807) is 5.57 Å². The number of hydrogen-bond acceptors (Lipinski definition) is 1. The molecule has 62 valence electrons. The third kappa shape index (κ3) is 1.34. The maximum Gasteiger partial charge on any atom is 0.0867 e. The van der Waals surface area contributed by atoms with Crippen LogP contribution in [0.1, 0.15) is 33.1 Å². The largest absolute Gasteiger partial charge is 0.371 e. The van der Waals surface area contributed by atoms with E-state index in [-0.39, 0.29) is 5.60 Å². The zero-order chi connectivity index (χ0) is 7.90. The Bertz CT molecular complexity index is 187. The molecule has 0 N–H and O–H groups in total. The first-order chi connectivity index (χ1) is 5.22. The van der Waals surface area contributed by atoms with Crippen LogP contribution in [0.15, 0.2) is 11.6 Å². The van der Waals surface area contributed by atoms with Crippen molar-refractivity contribution in [3.63, 3.8) is 0 Å². The molecule has 1 nitrogen and oxygen atoms in total. The van der Waals surface area contributed by atoms with Crippen molar-refractivity contribution in [1.29, 1.82) is 0 Å². The predicted molar refractivity (Wildman–Crippen MR) is 45.5 cm³/mol. The number of rotatable bonds is 1. The fourth-order valence-corrected chi connectivity index (χ4v) is 1.69. The molecule has 1 heterocycles. The van der Waals surface area contributed by atoms with Crippen LogP contribution < -0.4 is 0 Å². The predicted octanol–water partition coefficient (Wildman–Crippen LogP) is 2.52. The van der Waals surface area contributed by atoms with Gasteiger partial charge in [0.05, 0.1) is 12.2 Å². The van der Waals surface area contributed by atoms with Crippen molar-refractivity contribution in [3.8, 4) is 0 Å². The van der Waals surface area contributed by atoms with Crippen molar-refractivity contribution in [1.82, 2.24) is 0 Å². The van der Waals surface area contributed by atoms with Crippen molar-refractivity contribution < 1.29 is 4.74 Å². The SMILES string of the molecule is CC(C)C1=CC2(CC2)OCC1. The Hall–Kier alpha value is -0.300. The Morgan fingerprint density at radius 3 is 2.73 bits per heavy atom. The molecule has 0 aromatic heterocycles. The van der Waals surface area contributed by atoms with Crippen LogP contribution in [-0.4, -0.2) is 12.2 Å². The molecule has 1 heteroatoms. The second-order valence-electron chi connectivity index (χ2n) is 4.04. The standard InChI is InChI=1S/C10H16O/c1-8(2)9-3-6-11-10(7-9)4-5-10/h7-8H,3-6H2,1-2H3. The molecule has 1 saturated carbocycles. The summed E-state index contributed by atoms with van der Waals surface area (Å²) in [5.41, 5.74) is 1.83. The lowest BCUT2D eigenvalue weighted by molar-refractivity contribution is 0.0563. The van der Waals surface area contributed by atoms with Crippen molar-refractivity contribution in [2.45, 2.75) is 38.7 Å². The van der Waals surface area contributed by atoms with Gasteiger partial charge in [-0.25, -0.2) is 0 Å². The lowest BCUT2D eigenvalue weighted by atomic mass is 9.96. The summed E-state index contributed by atoms with van der Waals surface area (Å²) in [4.78, 5) is 0. The van der Waals surface area contributed by atoms with Crippen LogP contribution in [0.3, 0.4) is 0 Å². The minimum Gasteiger partial charge on any atom is -0.371 e. The molecule has 0 atom stereocenters. The van der Waals surface area contributed by atoms with E-state index in [4.69, 9.17) is 4.74 Å². The summed E-state index contributed by atoms with van der Waals surface area (Å²) < 4.78 is 5.68. The number of ether oxygens (including phenoxy) is 1. The Balaban J connectivity index is 2.14. The Morgan fingerprint density at radius 2 is 2.18 bits per heavy atom. The molecule has 1 fully saturated rings. The summed E-state index contributed by atoms with van der Waals surface area (Å²) in [6.07, 6.45) is 6.03. The molecule has 0 radical (unpaired) electrons. The summed E-state index contributed by atoms with van der Waals surface area (Å²) in [6, 6.07) is 0. The molecule has 11 heavy (non-hydrogen) atoms. The minimum atomic E-state index is 0.220. The fourth-order valence-electron chi connectivity index (χ4n) is 1.69.